The molecule has 0 spiro atoms. The molecule has 1 fully saturated rings. The summed E-state index contributed by atoms with van der Waals surface area (Å²) in [7, 11) is 1.62. The highest BCUT2D eigenvalue weighted by Crippen LogP contribution is 2.28. The molecule has 1 aliphatic carbocycles. The average Bonchev–Trinajstić information content (AvgIpc) is 2.74. The lowest BCUT2D eigenvalue weighted by molar-refractivity contribution is 0.350. The Balaban J connectivity index is 1.30. The largest absolute Gasteiger partial charge is 0.479 e. The molecule has 28 heavy (non-hydrogen) atoms. The summed E-state index contributed by atoms with van der Waals surface area (Å²) in [5, 5.41) is 7.95. The minimum atomic E-state index is 0.438. The molecule has 0 saturated heterocycles. The van der Waals surface area contributed by atoms with E-state index >= 15 is 0 Å². The van der Waals surface area contributed by atoms with Crippen LogP contribution in [0.2, 0.25) is 0 Å². The van der Waals surface area contributed by atoms with Crippen LogP contribution in [0.3, 0.4) is 0 Å². The number of methoxy groups -OCH3 is 1. The van der Waals surface area contributed by atoms with E-state index in [-0.39, 0.29) is 0 Å². The number of rotatable bonds is 6. The van der Waals surface area contributed by atoms with E-state index in [4.69, 9.17) is 9.72 Å². The van der Waals surface area contributed by atoms with Gasteiger partial charge in [0, 0.05) is 36.6 Å². The third-order valence-electron chi connectivity index (χ3n) is 5.14. The minimum Gasteiger partial charge on any atom is -0.479 e. The zero-order valence-corrected chi connectivity index (χ0v) is 17.3. The second-order valence-electron chi connectivity index (χ2n) is 7.06. The van der Waals surface area contributed by atoms with Crippen molar-refractivity contribution in [2.75, 3.05) is 24.3 Å². The van der Waals surface area contributed by atoms with Crippen LogP contribution in [0.25, 0.3) is 10.9 Å². The molecule has 146 valence electrons. The van der Waals surface area contributed by atoms with E-state index in [1.54, 1.807) is 25.7 Å². The van der Waals surface area contributed by atoms with E-state index < -0.39 is 0 Å². The van der Waals surface area contributed by atoms with Gasteiger partial charge in [0.15, 0.2) is 0 Å². The predicted octanol–water partition coefficient (Wildman–Crippen LogP) is 4.27. The first kappa shape index (κ1) is 18.9. The summed E-state index contributed by atoms with van der Waals surface area (Å²) in [5.74, 6) is 2.76. The summed E-state index contributed by atoms with van der Waals surface area (Å²) in [6, 6.07) is 6.47. The molecule has 0 atom stereocenters. The monoisotopic (exact) mass is 442 g/mol. The molecule has 0 radical (unpaired) electrons. The van der Waals surface area contributed by atoms with Gasteiger partial charge < -0.3 is 15.4 Å². The number of anilines is 2. The van der Waals surface area contributed by atoms with Gasteiger partial charge in [0.25, 0.3) is 0 Å². The van der Waals surface area contributed by atoms with Gasteiger partial charge in [-0.3, -0.25) is 0 Å². The van der Waals surface area contributed by atoms with E-state index in [1.807, 2.05) is 12.1 Å². The van der Waals surface area contributed by atoms with E-state index in [0.29, 0.717) is 23.8 Å². The lowest BCUT2D eigenvalue weighted by atomic mass is 9.86. The van der Waals surface area contributed by atoms with Gasteiger partial charge in [-0.1, -0.05) is 0 Å². The number of hydrogen-bond acceptors (Lipinski definition) is 7. The van der Waals surface area contributed by atoms with Crippen molar-refractivity contribution in [2.45, 2.75) is 31.7 Å². The number of nitrogens with one attached hydrogen (secondary N) is 2. The molecule has 1 saturated carbocycles. The number of nitrogens with zero attached hydrogens (tertiary/aromatic N) is 4. The van der Waals surface area contributed by atoms with Crippen molar-refractivity contribution < 1.29 is 4.74 Å². The molecular weight excluding hydrogens is 420 g/mol. The van der Waals surface area contributed by atoms with E-state index in [0.717, 1.165) is 40.6 Å². The van der Waals surface area contributed by atoms with Crippen LogP contribution in [0, 0.1) is 5.92 Å². The number of fused-ring (bicyclic) bond motifs is 1. The molecule has 0 aliphatic heterocycles. The van der Waals surface area contributed by atoms with Crippen LogP contribution in [0.1, 0.15) is 25.7 Å². The summed E-state index contributed by atoms with van der Waals surface area (Å²) < 4.78 is 6.22. The molecule has 8 heteroatoms. The van der Waals surface area contributed by atoms with Gasteiger partial charge >= 0.3 is 0 Å². The first-order valence-electron chi connectivity index (χ1n) is 9.49. The van der Waals surface area contributed by atoms with Crippen molar-refractivity contribution in [3.8, 4) is 5.88 Å². The molecule has 0 aromatic carbocycles. The van der Waals surface area contributed by atoms with Crippen LogP contribution >= 0.6 is 15.9 Å². The molecule has 0 unspecified atom stereocenters. The molecule has 1 aliphatic rings. The highest BCUT2D eigenvalue weighted by Gasteiger charge is 2.21. The normalized spacial score (nSPS) is 19.4. The van der Waals surface area contributed by atoms with Crippen LogP contribution in [0.4, 0.5) is 11.8 Å². The van der Waals surface area contributed by atoms with E-state index in [2.05, 4.69) is 47.6 Å². The second kappa shape index (κ2) is 8.68. The lowest BCUT2D eigenvalue weighted by Crippen LogP contribution is -2.29. The zero-order valence-electron chi connectivity index (χ0n) is 15.7. The number of aromatic nitrogens is 4. The first-order chi connectivity index (χ1) is 13.7. The van der Waals surface area contributed by atoms with Crippen molar-refractivity contribution in [3.63, 3.8) is 0 Å². The number of halogens is 1. The third kappa shape index (κ3) is 4.49. The third-order valence-corrected chi connectivity index (χ3v) is 5.55. The zero-order chi connectivity index (χ0) is 19.3. The minimum absolute atomic E-state index is 0.438. The Hall–Kier alpha value is -2.48. The van der Waals surface area contributed by atoms with Gasteiger partial charge in [0.1, 0.15) is 11.3 Å². The summed E-state index contributed by atoms with van der Waals surface area (Å²) >= 11 is 3.35. The fourth-order valence-electron chi connectivity index (χ4n) is 3.61. The summed E-state index contributed by atoms with van der Waals surface area (Å²) in [5.41, 5.74) is 0.794. The highest BCUT2D eigenvalue weighted by molar-refractivity contribution is 9.10. The maximum absolute atomic E-state index is 5.34. The summed E-state index contributed by atoms with van der Waals surface area (Å²) in [4.78, 5) is 17.5. The van der Waals surface area contributed by atoms with Crippen LogP contribution in [-0.4, -0.2) is 39.6 Å². The maximum Gasteiger partial charge on any atom is 0.240 e. The molecule has 0 bridgehead atoms. The Kier molecular flexibility index (Phi) is 5.85. The van der Waals surface area contributed by atoms with Crippen LogP contribution < -0.4 is 15.4 Å². The molecule has 4 rings (SSSR count). The van der Waals surface area contributed by atoms with E-state index in [1.165, 1.54) is 12.8 Å². The molecule has 0 amide bonds. The summed E-state index contributed by atoms with van der Waals surface area (Å²) in [6.07, 6.45) is 9.84. The van der Waals surface area contributed by atoms with Crippen LogP contribution in [0.15, 0.2) is 41.3 Å². The average molecular weight is 443 g/mol. The first-order valence-corrected chi connectivity index (χ1v) is 10.3. The van der Waals surface area contributed by atoms with Crippen molar-refractivity contribution in [2.24, 2.45) is 5.92 Å². The molecule has 7 nitrogen and oxygen atoms in total. The van der Waals surface area contributed by atoms with Crippen molar-refractivity contribution in [1.29, 1.82) is 0 Å². The second-order valence-corrected chi connectivity index (χ2v) is 7.97. The van der Waals surface area contributed by atoms with Gasteiger partial charge in [-0.15, -0.1) is 0 Å². The fraction of sp³-hybridized carbons (Fsp3) is 0.400. The SMILES string of the molecule is COc1nccc2ccc(N[C@H]3CC[C@H](CNc4ncc(Br)cn4)CC3)nc12. The quantitative estimate of drug-likeness (QED) is 0.589. The van der Waals surface area contributed by atoms with Crippen molar-refractivity contribution in [1.82, 2.24) is 19.9 Å². The maximum atomic E-state index is 5.34. The molecule has 3 aromatic heterocycles. The molecule has 3 heterocycles. The number of ether oxygens (including phenoxy) is 1. The summed E-state index contributed by atoms with van der Waals surface area (Å²) in [6.45, 7) is 0.908. The Morgan fingerprint density at radius 3 is 2.61 bits per heavy atom. The molecule has 3 aromatic rings. The van der Waals surface area contributed by atoms with Gasteiger partial charge in [-0.05, 0) is 65.7 Å². The Morgan fingerprint density at radius 2 is 1.86 bits per heavy atom. The Bertz CT molecular complexity index is 928. The highest BCUT2D eigenvalue weighted by atomic mass is 79.9. The van der Waals surface area contributed by atoms with Crippen LogP contribution in [0.5, 0.6) is 5.88 Å². The number of pyridine rings is 2. The molecular formula is C20H23BrN6O. The van der Waals surface area contributed by atoms with Gasteiger partial charge in [-0.25, -0.2) is 19.9 Å². The van der Waals surface area contributed by atoms with Crippen molar-refractivity contribution in [3.05, 3.63) is 41.3 Å². The Labute approximate surface area is 172 Å². The van der Waals surface area contributed by atoms with Gasteiger partial charge in [0.05, 0.1) is 11.6 Å². The van der Waals surface area contributed by atoms with Gasteiger partial charge in [-0.2, -0.15) is 0 Å². The van der Waals surface area contributed by atoms with Crippen molar-refractivity contribution >= 4 is 38.6 Å². The molecule has 2 N–H and O–H groups in total. The van der Waals surface area contributed by atoms with Crippen LogP contribution in [-0.2, 0) is 0 Å². The van der Waals surface area contributed by atoms with Gasteiger partial charge in [0.2, 0.25) is 11.8 Å². The lowest BCUT2D eigenvalue weighted by Gasteiger charge is -2.29. The smallest absolute Gasteiger partial charge is 0.240 e. The number of hydrogen-bond donors (Lipinski definition) is 2. The standard InChI is InChI=1S/C20H23BrN6O/c1-28-19-18-14(8-9-22-19)4-7-17(27-18)26-16-5-2-13(3-6-16)10-23-20-24-11-15(21)12-25-20/h4,7-9,11-13,16H,2-3,5-6,10H2,1H3,(H,26,27)(H,23,24,25)/t13-,16-. The topological polar surface area (TPSA) is 84.9 Å². The Morgan fingerprint density at radius 1 is 1.07 bits per heavy atom. The predicted molar refractivity (Wildman–Crippen MR) is 114 cm³/mol. The fourth-order valence-corrected chi connectivity index (χ4v) is 3.82. The van der Waals surface area contributed by atoms with E-state index in [9.17, 15) is 0 Å².